The van der Waals surface area contributed by atoms with Gasteiger partial charge >= 0.3 is 5.97 Å². The normalized spacial score (nSPS) is 12.2. The second kappa shape index (κ2) is 11.7. The van der Waals surface area contributed by atoms with E-state index >= 15 is 0 Å². The van der Waals surface area contributed by atoms with Crippen LogP contribution in [0, 0.1) is 6.92 Å². The van der Waals surface area contributed by atoms with E-state index in [9.17, 15) is 9.90 Å². The SMILES string of the molecule is CCOC(Cc1ccc(OCCc2nc(-c3ccc(C(C)C)cc3)sc2C)c2ccccc12)C(=O)O. The number of nitrogens with zero attached hydrogens (tertiary/aromatic N) is 1. The minimum Gasteiger partial charge on any atom is -0.493 e. The van der Waals surface area contributed by atoms with Crippen LogP contribution < -0.4 is 4.74 Å². The summed E-state index contributed by atoms with van der Waals surface area (Å²) in [6.07, 6.45) is 0.158. The summed E-state index contributed by atoms with van der Waals surface area (Å²) < 4.78 is 11.6. The predicted molar refractivity (Wildman–Crippen MR) is 146 cm³/mol. The van der Waals surface area contributed by atoms with Crippen molar-refractivity contribution in [3.63, 3.8) is 0 Å². The first-order valence-corrected chi connectivity index (χ1v) is 13.2. The van der Waals surface area contributed by atoms with Gasteiger partial charge in [0.1, 0.15) is 10.8 Å². The van der Waals surface area contributed by atoms with Gasteiger partial charge in [0, 0.05) is 35.3 Å². The lowest BCUT2D eigenvalue weighted by molar-refractivity contribution is -0.149. The maximum Gasteiger partial charge on any atom is 0.333 e. The number of aromatic nitrogens is 1. The molecule has 0 aliphatic rings. The lowest BCUT2D eigenvalue weighted by Gasteiger charge is -2.16. The second-order valence-corrected chi connectivity index (χ2v) is 10.4. The van der Waals surface area contributed by atoms with Crippen molar-refractivity contribution < 1.29 is 19.4 Å². The summed E-state index contributed by atoms with van der Waals surface area (Å²) in [5.74, 6) is 0.350. The van der Waals surface area contributed by atoms with Crippen LogP contribution in [0.3, 0.4) is 0 Å². The Kier molecular flexibility index (Phi) is 8.39. The number of ether oxygens (including phenoxy) is 2. The second-order valence-electron chi connectivity index (χ2n) is 9.15. The number of aliphatic carboxylic acids is 1. The number of carbonyl (C=O) groups is 1. The van der Waals surface area contributed by atoms with Gasteiger partial charge in [0.25, 0.3) is 0 Å². The average Bonchev–Trinajstić information content (AvgIpc) is 3.25. The van der Waals surface area contributed by atoms with Crippen LogP contribution in [0.5, 0.6) is 5.75 Å². The molecule has 6 heteroatoms. The predicted octanol–water partition coefficient (Wildman–Crippen LogP) is 7.05. The molecule has 4 rings (SSSR count). The lowest BCUT2D eigenvalue weighted by Crippen LogP contribution is -2.26. The monoisotopic (exact) mass is 503 g/mol. The van der Waals surface area contributed by atoms with E-state index in [1.165, 1.54) is 10.4 Å². The fraction of sp³-hybridized carbons (Fsp3) is 0.333. The Bertz CT molecular complexity index is 1330. The van der Waals surface area contributed by atoms with E-state index in [2.05, 4.69) is 45.0 Å². The molecule has 5 nitrogen and oxygen atoms in total. The summed E-state index contributed by atoms with van der Waals surface area (Å²) in [7, 11) is 0. The van der Waals surface area contributed by atoms with Gasteiger partial charge in [0.05, 0.1) is 12.3 Å². The number of fused-ring (bicyclic) bond motifs is 1. The summed E-state index contributed by atoms with van der Waals surface area (Å²) in [6, 6.07) is 20.5. The van der Waals surface area contributed by atoms with Gasteiger partial charge in [-0.05, 0) is 42.3 Å². The van der Waals surface area contributed by atoms with Gasteiger partial charge in [-0.25, -0.2) is 9.78 Å². The molecular weight excluding hydrogens is 470 g/mol. The Labute approximate surface area is 216 Å². The fourth-order valence-corrected chi connectivity index (χ4v) is 5.27. The molecule has 0 saturated heterocycles. The quantitative estimate of drug-likeness (QED) is 0.238. The molecule has 1 atom stereocenters. The van der Waals surface area contributed by atoms with Crippen molar-refractivity contribution in [1.29, 1.82) is 0 Å². The van der Waals surface area contributed by atoms with E-state index in [1.54, 1.807) is 18.3 Å². The largest absolute Gasteiger partial charge is 0.493 e. The number of aryl methyl sites for hydroxylation is 1. The highest BCUT2D eigenvalue weighted by molar-refractivity contribution is 7.15. The Morgan fingerprint density at radius 3 is 2.42 bits per heavy atom. The van der Waals surface area contributed by atoms with Gasteiger partial charge in [0.2, 0.25) is 0 Å². The van der Waals surface area contributed by atoms with E-state index in [1.807, 2.05) is 36.4 Å². The van der Waals surface area contributed by atoms with E-state index in [0.717, 1.165) is 38.4 Å². The maximum absolute atomic E-state index is 11.6. The molecule has 1 heterocycles. The van der Waals surface area contributed by atoms with Crippen molar-refractivity contribution in [3.8, 4) is 16.3 Å². The molecule has 4 aromatic rings. The molecule has 1 aromatic heterocycles. The number of carboxylic acids is 1. The number of thiazole rings is 1. The van der Waals surface area contributed by atoms with Gasteiger partial charge in [-0.2, -0.15) is 0 Å². The number of hydrogen-bond donors (Lipinski definition) is 1. The van der Waals surface area contributed by atoms with Crippen LogP contribution in [0.1, 0.15) is 48.4 Å². The zero-order valence-corrected chi connectivity index (χ0v) is 22.1. The topological polar surface area (TPSA) is 68.7 Å². The maximum atomic E-state index is 11.6. The van der Waals surface area contributed by atoms with E-state index < -0.39 is 12.1 Å². The van der Waals surface area contributed by atoms with Crippen LogP contribution >= 0.6 is 11.3 Å². The molecule has 36 heavy (non-hydrogen) atoms. The minimum atomic E-state index is -0.949. The van der Waals surface area contributed by atoms with Crippen molar-refractivity contribution in [1.82, 2.24) is 4.98 Å². The summed E-state index contributed by atoms with van der Waals surface area (Å²) in [6.45, 7) is 9.18. The zero-order valence-electron chi connectivity index (χ0n) is 21.3. The van der Waals surface area contributed by atoms with Crippen LogP contribution in [0.2, 0.25) is 0 Å². The number of rotatable bonds is 11. The smallest absolute Gasteiger partial charge is 0.333 e. The highest BCUT2D eigenvalue weighted by atomic mass is 32.1. The minimum absolute atomic E-state index is 0.308. The first-order valence-electron chi connectivity index (χ1n) is 12.4. The molecule has 3 aromatic carbocycles. The van der Waals surface area contributed by atoms with Crippen LogP contribution in [0.15, 0.2) is 60.7 Å². The molecule has 0 aliphatic heterocycles. The van der Waals surface area contributed by atoms with E-state index in [0.29, 0.717) is 32.0 Å². The highest BCUT2D eigenvalue weighted by Gasteiger charge is 2.20. The van der Waals surface area contributed by atoms with E-state index in [4.69, 9.17) is 14.5 Å². The molecular formula is C30H33NO4S. The summed E-state index contributed by atoms with van der Waals surface area (Å²) >= 11 is 1.72. The van der Waals surface area contributed by atoms with Crippen molar-refractivity contribution >= 4 is 28.1 Å². The number of benzene rings is 3. The summed E-state index contributed by atoms with van der Waals surface area (Å²) in [5.41, 5.74) is 4.47. The van der Waals surface area contributed by atoms with Gasteiger partial charge in [-0.3, -0.25) is 0 Å². The Morgan fingerprint density at radius 2 is 1.75 bits per heavy atom. The van der Waals surface area contributed by atoms with Gasteiger partial charge in [-0.1, -0.05) is 68.4 Å². The fourth-order valence-electron chi connectivity index (χ4n) is 4.31. The number of hydrogen-bond acceptors (Lipinski definition) is 5. The first-order chi connectivity index (χ1) is 17.4. The highest BCUT2D eigenvalue weighted by Crippen LogP contribution is 2.31. The van der Waals surface area contributed by atoms with Crippen LogP contribution in [0.25, 0.3) is 21.3 Å². The van der Waals surface area contributed by atoms with E-state index in [-0.39, 0.29) is 0 Å². The van der Waals surface area contributed by atoms with Crippen LogP contribution in [-0.4, -0.2) is 35.4 Å². The number of carboxylic acid groups (broad SMARTS) is 1. The molecule has 0 saturated carbocycles. The summed E-state index contributed by atoms with van der Waals surface area (Å²) in [5, 5.41) is 12.5. The van der Waals surface area contributed by atoms with Crippen molar-refractivity contribution in [3.05, 3.63) is 82.4 Å². The van der Waals surface area contributed by atoms with Gasteiger partial charge in [0.15, 0.2) is 6.10 Å². The molecule has 1 N–H and O–H groups in total. The zero-order chi connectivity index (χ0) is 25.7. The van der Waals surface area contributed by atoms with Crippen LogP contribution in [-0.2, 0) is 22.4 Å². The average molecular weight is 504 g/mol. The molecule has 188 valence electrons. The Morgan fingerprint density at radius 1 is 1.03 bits per heavy atom. The molecule has 1 unspecified atom stereocenters. The molecule has 0 bridgehead atoms. The van der Waals surface area contributed by atoms with Crippen LogP contribution in [0.4, 0.5) is 0 Å². The van der Waals surface area contributed by atoms with Gasteiger partial charge in [-0.15, -0.1) is 11.3 Å². The summed E-state index contributed by atoms with van der Waals surface area (Å²) in [4.78, 5) is 17.7. The third-order valence-electron chi connectivity index (χ3n) is 6.34. The molecule has 0 aliphatic carbocycles. The van der Waals surface area contributed by atoms with Crippen molar-refractivity contribution in [2.45, 2.75) is 52.6 Å². The third-order valence-corrected chi connectivity index (χ3v) is 7.40. The molecule has 0 amide bonds. The molecule has 0 radical (unpaired) electrons. The van der Waals surface area contributed by atoms with Crippen molar-refractivity contribution in [2.75, 3.05) is 13.2 Å². The van der Waals surface area contributed by atoms with Gasteiger partial charge < -0.3 is 14.6 Å². The standard InChI is InChI=1S/C30H33NO4S/c1-5-34-28(30(32)33)18-23-14-15-27(25-9-7-6-8-24(23)25)35-17-16-26-20(4)36-29(31-26)22-12-10-21(11-13-22)19(2)3/h6-15,19,28H,5,16-18H2,1-4H3,(H,32,33). The third kappa shape index (κ3) is 5.94. The molecule has 0 fully saturated rings. The molecule has 0 spiro atoms. The Hall–Kier alpha value is -3.22. The van der Waals surface area contributed by atoms with Crippen molar-refractivity contribution in [2.24, 2.45) is 0 Å². The Balaban J connectivity index is 1.47. The lowest BCUT2D eigenvalue weighted by atomic mass is 9.99. The first kappa shape index (κ1) is 25.9.